The largest absolute Gasteiger partial charge is 0.246 e. The van der Waals surface area contributed by atoms with Crippen LogP contribution in [-0.4, -0.2) is 14.8 Å². The Labute approximate surface area is 83.6 Å². The van der Waals surface area contributed by atoms with Crippen molar-refractivity contribution < 1.29 is 0 Å². The van der Waals surface area contributed by atoms with Gasteiger partial charge in [0.25, 0.3) is 0 Å². The van der Waals surface area contributed by atoms with Gasteiger partial charge in [-0.15, -0.1) is 0 Å². The van der Waals surface area contributed by atoms with Crippen molar-refractivity contribution in [3.8, 4) is 6.07 Å². The Morgan fingerprint density at radius 1 is 1.57 bits per heavy atom. The highest BCUT2D eigenvalue weighted by Crippen LogP contribution is 2.42. The molecule has 0 saturated heterocycles. The molecule has 0 radical (unpaired) electrons. The maximum absolute atomic E-state index is 9.18. The number of hydrogen-bond donors (Lipinski definition) is 0. The molecule has 74 valence electrons. The van der Waals surface area contributed by atoms with E-state index < -0.39 is 0 Å². The lowest BCUT2D eigenvalue weighted by Crippen LogP contribution is -2.36. The molecular weight excluding hydrogens is 176 g/mol. The molecule has 1 aromatic rings. The van der Waals surface area contributed by atoms with Crippen LogP contribution in [0.15, 0.2) is 6.33 Å². The molecule has 0 aromatic carbocycles. The minimum Gasteiger partial charge on any atom is -0.246 e. The summed E-state index contributed by atoms with van der Waals surface area (Å²) in [5, 5.41) is 13.3. The molecule has 1 aliphatic carbocycles. The number of hydrogen-bond acceptors (Lipinski definition) is 3. The third-order valence-electron chi connectivity index (χ3n) is 2.91. The Balaban J connectivity index is 2.41. The quantitative estimate of drug-likeness (QED) is 0.714. The van der Waals surface area contributed by atoms with Gasteiger partial charge in [-0.25, -0.2) is 9.67 Å². The van der Waals surface area contributed by atoms with Crippen molar-refractivity contribution in [2.75, 3.05) is 0 Å². The molecule has 14 heavy (non-hydrogen) atoms. The zero-order valence-electron chi connectivity index (χ0n) is 8.56. The van der Waals surface area contributed by atoms with E-state index in [1.54, 1.807) is 6.33 Å². The summed E-state index contributed by atoms with van der Waals surface area (Å²) in [6.45, 7) is 4.11. The maximum atomic E-state index is 9.18. The fourth-order valence-corrected chi connectivity index (χ4v) is 1.89. The molecular formula is C10H14N4. The summed E-state index contributed by atoms with van der Waals surface area (Å²) in [6, 6.07) is 2.67. The second-order valence-corrected chi connectivity index (χ2v) is 4.17. The van der Waals surface area contributed by atoms with E-state index in [4.69, 9.17) is 0 Å². The third kappa shape index (κ3) is 1.12. The summed E-state index contributed by atoms with van der Waals surface area (Å²) in [7, 11) is 0. The summed E-state index contributed by atoms with van der Waals surface area (Å²) in [5.41, 5.74) is -0.346. The van der Waals surface area contributed by atoms with Gasteiger partial charge in [0.1, 0.15) is 17.6 Å². The van der Waals surface area contributed by atoms with E-state index in [1.165, 1.54) is 0 Å². The molecule has 4 nitrogen and oxygen atoms in total. The van der Waals surface area contributed by atoms with E-state index in [-0.39, 0.29) is 11.5 Å². The standard InChI is InChI=1S/C10H14N4/c1-8(2)14-9(12-7-13-14)10(6-11)4-3-5-10/h7-8H,3-5H2,1-2H3. The first-order valence-corrected chi connectivity index (χ1v) is 5.01. The highest BCUT2D eigenvalue weighted by atomic mass is 15.4. The monoisotopic (exact) mass is 190 g/mol. The molecule has 0 spiro atoms. The van der Waals surface area contributed by atoms with Crippen LogP contribution >= 0.6 is 0 Å². The molecule has 1 aromatic heterocycles. The predicted octanol–water partition coefficient (Wildman–Crippen LogP) is 1.80. The van der Waals surface area contributed by atoms with Gasteiger partial charge in [-0.1, -0.05) is 0 Å². The number of rotatable bonds is 2. The lowest BCUT2D eigenvalue weighted by molar-refractivity contribution is 0.286. The molecule has 0 unspecified atom stereocenters. The van der Waals surface area contributed by atoms with Gasteiger partial charge in [0.15, 0.2) is 0 Å². The smallest absolute Gasteiger partial charge is 0.147 e. The zero-order chi connectivity index (χ0) is 10.2. The molecule has 0 aliphatic heterocycles. The second kappa shape index (κ2) is 3.09. The van der Waals surface area contributed by atoms with Gasteiger partial charge in [-0.2, -0.15) is 10.4 Å². The van der Waals surface area contributed by atoms with E-state index in [1.807, 2.05) is 4.68 Å². The third-order valence-corrected chi connectivity index (χ3v) is 2.91. The van der Waals surface area contributed by atoms with E-state index in [2.05, 4.69) is 30.0 Å². The average molecular weight is 190 g/mol. The highest BCUT2D eigenvalue weighted by Gasteiger charge is 2.43. The Hall–Kier alpha value is -1.37. The molecule has 1 heterocycles. The first-order valence-electron chi connectivity index (χ1n) is 5.01. The van der Waals surface area contributed by atoms with Crippen LogP contribution in [-0.2, 0) is 5.41 Å². The number of aromatic nitrogens is 3. The predicted molar refractivity (Wildman–Crippen MR) is 51.5 cm³/mol. The minimum absolute atomic E-state index is 0.276. The van der Waals surface area contributed by atoms with Crippen LogP contribution in [0.5, 0.6) is 0 Å². The van der Waals surface area contributed by atoms with Gasteiger partial charge in [0, 0.05) is 6.04 Å². The normalized spacial score (nSPS) is 19.0. The number of nitriles is 1. The molecule has 1 aliphatic rings. The minimum atomic E-state index is -0.346. The van der Waals surface area contributed by atoms with Gasteiger partial charge < -0.3 is 0 Å². The van der Waals surface area contributed by atoms with Crippen LogP contribution in [0, 0.1) is 11.3 Å². The van der Waals surface area contributed by atoms with Crippen LogP contribution in [0.1, 0.15) is 45.0 Å². The summed E-state index contributed by atoms with van der Waals surface area (Å²) in [6.07, 6.45) is 4.52. The summed E-state index contributed by atoms with van der Waals surface area (Å²) in [4.78, 5) is 4.23. The van der Waals surface area contributed by atoms with Crippen LogP contribution in [0.3, 0.4) is 0 Å². The van der Waals surface area contributed by atoms with Crippen LogP contribution in [0.2, 0.25) is 0 Å². The van der Waals surface area contributed by atoms with Gasteiger partial charge in [-0.3, -0.25) is 0 Å². The molecule has 1 fully saturated rings. The Morgan fingerprint density at radius 3 is 2.71 bits per heavy atom. The van der Waals surface area contributed by atoms with Gasteiger partial charge in [0.05, 0.1) is 6.07 Å². The van der Waals surface area contributed by atoms with Gasteiger partial charge >= 0.3 is 0 Å². The van der Waals surface area contributed by atoms with Crippen LogP contribution in [0.4, 0.5) is 0 Å². The molecule has 2 rings (SSSR count). The summed E-state index contributed by atoms with van der Waals surface area (Å²) < 4.78 is 1.86. The van der Waals surface area contributed by atoms with Crippen molar-refractivity contribution in [2.24, 2.45) is 0 Å². The van der Waals surface area contributed by atoms with E-state index >= 15 is 0 Å². The molecule has 0 atom stereocenters. The van der Waals surface area contributed by atoms with Crippen LogP contribution < -0.4 is 0 Å². The summed E-state index contributed by atoms with van der Waals surface area (Å²) in [5.74, 6) is 0.848. The Bertz CT molecular complexity index is 368. The fraction of sp³-hybridized carbons (Fsp3) is 0.700. The average Bonchev–Trinajstić information content (AvgIpc) is 2.52. The highest BCUT2D eigenvalue weighted by molar-refractivity contribution is 5.24. The molecule has 0 bridgehead atoms. The maximum Gasteiger partial charge on any atom is 0.147 e. The first-order chi connectivity index (χ1) is 6.69. The van der Waals surface area contributed by atoms with Crippen molar-refractivity contribution in [3.63, 3.8) is 0 Å². The Kier molecular flexibility index (Phi) is 2.03. The topological polar surface area (TPSA) is 54.5 Å². The van der Waals surface area contributed by atoms with Crippen molar-refractivity contribution in [1.82, 2.24) is 14.8 Å². The lowest BCUT2D eigenvalue weighted by atomic mass is 9.69. The summed E-state index contributed by atoms with van der Waals surface area (Å²) >= 11 is 0. The van der Waals surface area contributed by atoms with Crippen molar-refractivity contribution >= 4 is 0 Å². The van der Waals surface area contributed by atoms with Crippen molar-refractivity contribution in [3.05, 3.63) is 12.2 Å². The lowest BCUT2D eigenvalue weighted by Gasteiger charge is -2.34. The molecule has 0 N–H and O–H groups in total. The molecule has 0 amide bonds. The SMILES string of the molecule is CC(C)n1ncnc1C1(C#N)CCC1. The molecule has 4 heteroatoms. The van der Waals surface area contributed by atoms with E-state index in [9.17, 15) is 5.26 Å². The number of nitrogens with zero attached hydrogens (tertiary/aromatic N) is 4. The van der Waals surface area contributed by atoms with Crippen molar-refractivity contribution in [2.45, 2.75) is 44.6 Å². The molecule has 1 saturated carbocycles. The van der Waals surface area contributed by atoms with Gasteiger partial charge in [0.2, 0.25) is 0 Å². The zero-order valence-corrected chi connectivity index (χ0v) is 8.56. The fourth-order valence-electron chi connectivity index (χ4n) is 1.89. The van der Waals surface area contributed by atoms with Crippen LogP contribution in [0.25, 0.3) is 0 Å². The van der Waals surface area contributed by atoms with E-state index in [0.717, 1.165) is 25.1 Å². The Morgan fingerprint density at radius 2 is 2.29 bits per heavy atom. The first kappa shape index (κ1) is 9.20. The van der Waals surface area contributed by atoms with Gasteiger partial charge in [-0.05, 0) is 33.1 Å². The second-order valence-electron chi connectivity index (χ2n) is 4.17. The van der Waals surface area contributed by atoms with E-state index in [0.29, 0.717) is 0 Å². The van der Waals surface area contributed by atoms with Crippen molar-refractivity contribution in [1.29, 1.82) is 5.26 Å².